The summed E-state index contributed by atoms with van der Waals surface area (Å²) in [6.07, 6.45) is 1.33. The van der Waals surface area contributed by atoms with Gasteiger partial charge in [0.25, 0.3) is 5.91 Å². The number of hydrogen-bond acceptors (Lipinski definition) is 4. The Morgan fingerprint density at radius 2 is 2.07 bits per heavy atom. The molecule has 1 aliphatic rings. The molecule has 0 saturated carbocycles. The molecular weight excluding hydrogens is 366 g/mol. The third kappa shape index (κ3) is 3.35. The highest BCUT2D eigenvalue weighted by molar-refractivity contribution is 5.92. The number of rotatable bonds is 4. The van der Waals surface area contributed by atoms with Crippen molar-refractivity contribution in [2.45, 2.75) is 26.4 Å². The van der Waals surface area contributed by atoms with Gasteiger partial charge in [-0.3, -0.25) is 4.79 Å². The van der Waals surface area contributed by atoms with Crippen LogP contribution in [0.4, 0.5) is 8.78 Å². The standard InChI is InChI=1S/C21H18F2N2O3/c1-11-5-13(3-4-18(11)23)17-8-15(22)6-14-7-16(28-20(14)17)9-24-21(26)19-12(2)25-10-27-19/h3-6,8,10,16H,7,9H2,1-2H3,(H,24,26). The molecule has 0 bridgehead atoms. The fourth-order valence-corrected chi connectivity index (χ4v) is 3.34. The Hall–Kier alpha value is -3.22. The molecule has 0 spiro atoms. The Bertz CT molecular complexity index is 1060. The first kappa shape index (κ1) is 18.2. The first-order valence-electron chi connectivity index (χ1n) is 8.86. The molecule has 4 rings (SSSR count). The molecule has 3 aromatic rings. The average Bonchev–Trinajstić information content (AvgIpc) is 3.27. The minimum atomic E-state index is -0.388. The topological polar surface area (TPSA) is 64.4 Å². The Balaban J connectivity index is 1.54. The van der Waals surface area contributed by atoms with E-state index in [4.69, 9.17) is 9.15 Å². The van der Waals surface area contributed by atoms with Crippen molar-refractivity contribution in [1.29, 1.82) is 0 Å². The van der Waals surface area contributed by atoms with Crippen molar-refractivity contribution in [2.24, 2.45) is 0 Å². The van der Waals surface area contributed by atoms with E-state index >= 15 is 0 Å². The maximum absolute atomic E-state index is 14.1. The summed E-state index contributed by atoms with van der Waals surface area (Å²) in [5.41, 5.74) is 2.94. The summed E-state index contributed by atoms with van der Waals surface area (Å²) in [6.45, 7) is 3.57. The Morgan fingerprint density at radius 3 is 2.79 bits per heavy atom. The van der Waals surface area contributed by atoms with Crippen LogP contribution in [0.2, 0.25) is 0 Å². The second-order valence-electron chi connectivity index (χ2n) is 6.83. The van der Waals surface area contributed by atoms with Gasteiger partial charge in [0.05, 0.1) is 12.2 Å². The number of aryl methyl sites for hydroxylation is 2. The van der Waals surface area contributed by atoms with Gasteiger partial charge in [0.1, 0.15) is 23.5 Å². The van der Waals surface area contributed by atoms with E-state index in [1.165, 1.54) is 24.6 Å². The molecule has 1 unspecified atom stereocenters. The first-order chi connectivity index (χ1) is 13.4. The van der Waals surface area contributed by atoms with E-state index in [9.17, 15) is 13.6 Å². The Kier molecular flexibility index (Phi) is 4.58. The zero-order valence-electron chi connectivity index (χ0n) is 15.4. The second kappa shape index (κ2) is 7.07. The van der Waals surface area contributed by atoms with Gasteiger partial charge in [-0.25, -0.2) is 13.8 Å². The number of halogens is 2. The number of nitrogens with zero attached hydrogens (tertiary/aromatic N) is 1. The normalized spacial score (nSPS) is 15.2. The summed E-state index contributed by atoms with van der Waals surface area (Å²) in [5.74, 6) is -0.371. The minimum absolute atomic E-state index is 0.157. The van der Waals surface area contributed by atoms with Crippen molar-refractivity contribution >= 4 is 5.91 Å². The van der Waals surface area contributed by atoms with Crippen LogP contribution in [-0.2, 0) is 6.42 Å². The number of carbonyl (C=O) groups excluding carboxylic acids is 1. The van der Waals surface area contributed by atoms with Gasteiger partial charge in [-0.15, -0.1) is 0 Å². The molecule has 0 radical (unpaired) electrons. The van der Waals surface area contributed by atoms with E-state index in [2.05, 4.69) is 10.3 Å². The van der Waals surface area contributed by atoms with Crippen molar-refractivity contribution in [3.63, 3.8) is 0 Å². The summed E-state index contributed by atoms with van der Waals surface area (Å²) in [4.78, 5) is 16.1. The van der Waals surface area contributed by atoms with Gasteiger partial charge in [-0.05, 0) is 49.2 Å². The van der Waals surface area contributed by atoms with Gasteiger partial charge >= 0.3 is 0 Å². The molecular formula is C21H18F2N2O3. The average molecular weight is 384 g/mol. The number of hydrogen-bond donors (Lipinski definition) is 1. The largest absolute Gasteiger partial charge is 0.487 e. The lowest BCUT2D eigenvalue weighted by Crippen LogP contribution is -2.34. The highest BCUT2D eigenvalue weighted by atomic mass is 19.1. The van der Waals surface area contributed by atoms with Crippen LogP contribution in [0.25, 0.3) is 11.1 Å². The maximum Gasteiger partial charge on any atom is 0.289 e. The molecule has 1 N–H and O–H groups in total. The van der Waals surface area contributed by atoms with Crippen molar-refractivity contribution < 1.29 is 22.7 Å². The predicted octanol–water partition coefficient (Wildman–Crippen LogP) is 3.97. The summed E-state index contributed by atoms with van der Waals surface area (Å²) in [5, 5.41) is 2.75. The second-order valence-corrected chi connectivity index (χ2v) is 6.83. The lowest BCUT2D eigenvalue weighted by atomic mass is 9.99. The molecule has 1 amide bonds. The monoisotopic (exact) mass is 384 g/mol. The quantitative estimate of drug-likeness (QED) is 0.739. The lowest BCUT2D eigenvalue weighted by Gasteiger charge is -2.14. The predicted molar refractivity (Wildman–Crippen MR) is 98.2 cm³/mol. The van der Waals surface area contributed by atoms with Crippen LogP contribution in [0.5, 0.6) is 5.75 Å². The van der Waals surface area contributed by atoms with Crippen molar-refractivity contribution in [3.8, 4) is 16.9 Å². The Labute approximate surface area is 160 Å². The van der Waals surface area contributed by atoms with E-state index in [-0.39, 0.29) is 36.0 Å². The summed E-state index contributed by atoms with van der Waals surface area (Å²) >= 11 is 0. The van der Waals surface area contributed by atoms with E-state index in [1.807, 2.05) is 0 Å². The number of nitrogens with one attached hydrogen (secondary N) is 1. The number of benzene rings is 2. The van der Waals surface area contributed by atoms with Crippen molar-refractivity contribution in [3.05, 3.63) is 70.9 Å². The van der Waals surface area contributed by atoms with Crippen LogP contribution < -0.4 is 10.1 Å². The van der Waals surface area contributed by atoms with Crippen LogP contribution in [-0.4, -0.2) is 23.5 Å². The van der Waals surface area contributed by atoms with Gasteiger partial charge in [0, 0.05) is 17.5 Å². The number of aromatic nitrogens is 1. The molecule has 0 aliphatic carbocycles. The highest BCUT2D eigenvalue weighted by Crippen LogP contribution is 2.40. The molecule has 1 atom stereocenters. The van der Waals surface area contributed by atoms with Crippen LogP contribution in [0.3, 0.4) is 0 Å². The molecule has 0 saturated heterocycles. The number of carbonyl (C=O) groups is 1. The number of ether oxygens (including phenoxy) is 1. The smallest absolute Gasteiger partial charge is 0.289 e. The zero-order valence-corrected chi connectivity index (χ0v) is 15.4. The van der Waals surface area contributed by atoms with Crippen LogP contribution >= 0.6 is 0 Å². The van der Waals surface area contributed by atoms with Crippen LogP contribution in [0, 0.1) is 25.5 Å². The van der Waals surface area contributed by atoms with E-state index in [1.54, 1.807) is 26.0 Å². The van der Waals surface area contributed by atoms with Gasteiger partial charge in [-0.1, -0.05) is 6.07 Å². The molecule has 2 heterocycles. The molecule has 2 aromatic carbocycles. The minimum Gasteiger partial charge on any atom is -0.487 e. The molecule has 1 aliphatic heterocycles. The summed E-state index contributed by atoms with van der Waals surface area (Å²) < 4.78 is 38.8. The summed E-state index contributed by atoms with van der Waals surface area (Å²) in [6, 6.07) is 7.43. The number of fused-ring (bicyclic) bond motifs is 1. The van der Waals surface area contributed by atoms with Gasteiger partial charge < -0.3 is 14.5 Å². The fourth-order valence-electron chi connectivity index (χ4n) is 3.34. The van der Waals surface area contributed by atoms with Crippen molar-refractivity contribution in [1.82, 2.24) is 10.3 Å². The van der Waals surface area contributed by atoms with E-state index < -0.39 is 0 Å². The molecule has 144 valence electrons. The fraction of sp³-hybridized carbons (Fsp3) is 0.238. The highest BCUT2D eigenvalue weighted by Gasteiger charge is 2.28. The van der Waals surface area contributed by atoms with Crippen molar-refractivity contribution in [2.75, 3.05) is 6.54 Å². The molecule has 0 fully saturated rings. The first-order valence-corrected chi connectivity index (χ1v) is 8.86. The maximum atomic E-state index is 14.1. The molecule has 1 aromatic heterocycles. The lowest BCUT2D eigenvalue weighted by molar-refractivity contribution is 0.0905. The molecule has 28 heavy (non-hydrogen) atoms. The van der Waals surface area contributed by atoms with Gasteiger partial charge in [0.2, 0.25) is 5.76 Å². The third-order valence-corrected chi connectivity index (χ3v) is 4.77. The van der Waals surface area contributed by atoms with Crippen LogP contribution in [0.1, 0.15) is 27.4 Å². The SMILES string of the molecule is Cc1cc(-c2cc(F)cc3c2OC(CNC(=O)c2ocnc2C)C3)ccc1F. The van der Waals surface area contributed by atoms with Crippen LogP contribution in [0.15, 0.2) is 41.1 Å². The molecule has 5 nitrogen and oxygen atoms in total. The van der Waals surface area contributed by atoms with E-state index in [0.717, 1.165) is 0 Å². The zero-order chi connectivity index (χ0) is 19.8. The Morgan fingerprint density at radius 1 is 1.25 bits per heavy atom. The molecule has 7 heteroatoms. The number of oxazole rings is 1. The third-order valence-electron chi connectivity index (χ3n) is 4.77. The summed E-state index contributed by atoms with van der Waals surface area (Å²) in [7, 11) is 0. The van der Waals surface area contributed by atoms with E-state index in [0.29, 0.717) is 40.1 Å². The van der Waals surface area contributed by atoms with Gasteiger partial charge in [-0.2, -0.15) is 0 Å². The van der Waals surface area contributed by atoms with Gasteiger partial charge in [0.15, 0.2) is 6.39 Å². The number of amides is 1.